The van der Waals surface area contributed by atoms with Crippen molar-refractivity contribution in [3.05, 3.63) is 99.0 Å². The minimum absolute atomic E-state index is 0.168. The standard InChI is InChI=1S/C27H26Cl2N4O3/c1-16(31-32-30-2)17-7-5-8-18(15-17)27(34)33-14-13-19-22(35-3)11-12-23(36-4)24(19)26(33)20-9-6-10-21(28)25(20)29/h5-12,15,26H,1,13-14H2,2-4H3,(H,30,31). The van der Waals surface area contributed by atoms with Gasteiger partial charge in [-0.2, -0.15) is 5.11 Å². The lowest BCUT2D eigenvalue weighted by Crippen LogP contribution is -2.41. The molecule has 9 heteroatoms. The first-order valence-electron chi connectivity index (χ1n) is 11.2. The fourth-order valence-corrected chi connectivity index (χ4v) is 4.93. The Kier molecular flexibility index (Phi) is 7.82. The molecular weight excluding hydrogens is 499 g/mol. The van der Waals surface area contributed by atoms with Crippen LogP contribution in [0.25, 0.3) is 5.70 Å². The van der Waals surface area contributed by atoms with Gasteiger partial charge in [-0.3, -0.25) is 10.2 Å². The van der Waals surface area contributed by atoms with Crippen LogP contribution in [0.3, 0.4) is 0 Å². The van der Waals surface area contributed by atoms with Crippen LogP contribution in [-0.4, -0.2) is 38.6 Å². The molecule has 3 aromatic carbocycles. The Hall–Kier alpha value is -3.55. The number of carbonyl (C=O) groups is 1. The molecule has 0 saturated heterocycles. The van der Waals surface area contributed by atoms with Crippen molar-refractivity contribution in [2.75, 3.05) is 27.8 Å². The number of nitrogens with one attached hydrogen (secondary N) is 1. The Morgan fingerprint density at radius 2 is 1.75 bits per heavy atom. The van der Waals surface area contributed by atoms with Crippen LogP contribution in [0.1, 0.15) is 38.7 Å². The first-order chi connectivity index (χ1) is 17.4. The number of hydrogen-bond acceptors (Lipinski definition) is 5. The van der Waals surface area contributed by atoms with Crippen LogP contribution in [-0.2, 0) is 6.42 Å². The SMILES string of the molecule is C=C(NN=NC)c1cccc(C(=O)N2CCc3c(OC)ccc(OC)c3C2c2cccc(Cl)c2Cl)c1. The van der Waals surface area contributed by atoms with Gasteiger partial charge in [0.25, 0.3) is 5.91 Å². The molecule has 0 radical (unpaired) electrons. The molecule has 1 amide bonds. The predicted molar refractivity (Wildman–Crippen MR) is 142 cm³/mol. The molecule has 4 rings (SSSR count). The number of halogens is 2. The average Bonchev–Trinajstić information content (AvgIpc) is 2.91. The zero-order chi connectivity index (χ0) is 25.8. The predicted octanol–water partition coefficient (Wildman–Crippen LogP) is 6.36. The fraction of sp³-hybridized carbons (Fsp3) is 0.222. The van der Waals surface area contributed by atoms with Crippen molar-refractivity contribution in [1.82, 2.24) is 10.3 Å². The molecule has 1 aliphatic heterocycles. The summed E-state index contributed by atoms with van der Waals surface area (Å²) in [5, 5.41) is 8.24. The third-order valence-electron chi connectivity index (χ3n) is 6.18. The zero-order valence-corrected chi connectivity index (χ0v) is 21.7. The molecule has 1 heterocycles. The summed E-state index contributed by atoms with van der Waals surface area (Å²) in [4.78, 5) is 15.8. The topological polar surface area (TPSA) is 75.5 Å². The number of hydrogen-bond donors (Lipinski definition) is 1. The van der Waals surface area contributed by atoms with E-state index >= 15 is 0 Å². The van der Waals surface area contributed by atoms with Gasteiger partial charge in [0.15, 0.2) is 0 Å². The van der Waals surface area contributed by atoms with Gasteiger partial charge in [-0.1, -0.05) is 59.3 Å². The summed E-state index contributed by atoms with van der Waals surface area (Å²) in [6.45, 7) is 4.42. The van der Waals surface area contributed by atoms with Crippen molar-refractivity contribution >= 4 is 34.8 Å². The second-order valence-corrected chi connectivity index (χ2v) is 8.91. The Morgan fingerprint density at radius 3 is 2.47 bits per heavy atom. The minimum atomic E-state index is -0.545. The Morgan fingerprint density at radius 1 is 1.06 bits per heavy atom. The lowest BCUT2D eigenvalue weighted by atomic mass is 9.86. The van der Waals surface area contributed by atoms with Crippen molar-refractivity contribution in [2.45, 2.75) is 12.5 Å². The van der Waals surface area contributed by atoms with Gasteiger partial charge >= 0.3 is 0 Å². The molecule has 3 aromatic rings. The van der Waals surface area contributed by atoms with Gasteiger partial charge in [0.05, 0.1) is 43.1 Å². The van der Waals surface area contributed by atoms with Crippen molar-refractivity contribution in [1.29, 1.82) is 0 Å². The Balaban J connectivity index is 1.86. The molecule has 0 spiro atoms. The molecule has 0 saturated carbocycles. The van der Waals surface area contributed by atoms with Crippen LogP contribution in [0.5, 0.6) is 11.5 Å². The van der Waals surface area contributed by atoms with Gasteiger partial charge in [-0.05, 0) is 47.9 Å². The zero-order valence-electron chi connectivity index (χ0n) is 20.2. The number of ether oxygens (including phenoxy) is 2. The fourth-order valence-electron chi connectivity index (χ4n) is 4.52. The van der Waals surface area contributed by atoms with E-state index < -0.39 is 6.04 Å². The van der Waals surface area contributed by atoms with Crippen molar-refractivity contribution < 1.29 is 14.3 Å². The van der Waals surface area contributed by atoms with Crippen LogP contribution in [0.15, 0.2) is 71.5 Å². The highest BCUT2D eigenvalue weighted by Crippen LogP contribution is 2.47. The number of carbonyl (C=O) groups excluding carboxylic acids is 1. The van der Waals surface area contributed by atoms with E-state index in [1.165, 1.54) is 0 Å². The average molecular weight is 525 g/mol. The number of fused-ring (bicyclic) bond motifs is 1. The summed E-state index contributed by atoms with van der Waals surface area (Å²) in [6.07, 6.45) is 0.584. The number of nitrogens with zero attached hydrogens (tertiary/aromatic N) is 3. The van der Waals surface area contributed by atoms with Crippen LogP contribution in [0.4, 0.5) is 0 Å². The lowest BCUT2D eigenvalue weighted by molar-refractivity contribution is 0.0691. The molecule has 0 aliphatic carbocycles. The van der Waals surface area contributed by atoms with Crippen LogP contribution in [0, 0.1) is 0 Å². The van der Waals surface area contributed by atoms with Gasteiger partial charge in [-0.25, -0.2) is 0 Å². The summed E-state index contributed by atoms with van der Waals surface area (Å²) < 4.78 is 11.4. The molecule has 0 aromatic heterocycles. The first-order valence-corrected chi connectivity index (χ1v) is 12.0. The molecule has 36 heavy (non-hydrogen) atoms. The smallest absolute Gasteiger partial charge is 0.254 e. The second kappa shape index (κ2) is 11.0. The summed E-state index contributed by atoms with van der Waals surface area (Å²) in [6, 6.07) is 15.8. The molecule has 0 bridgehead atoms. The van der Waals surface area contributed by atoms with E-state index in [0.29, 0.717) is 45.6 Å². The maximum absolute atomic E-state index is 14.0. The number of amides is 1. The third-order valence-corrected chi connectivity index (χ3v) is 7.02. The van der Waals surface area contributed by atoms with Gasteiger partial charge in [0.2, 0.25) is 0 Å². The quantitative estimate of drug-likeness (QED) is 0.288. The molecule has 1 N–H and O–H groups in total. The summed E-state index contributed by atoms with van der Waals surface area (Å²) >= 11 is 13.1. The van der Waals surface area contributed by atoms with Crippen molar-refractivity contribution in [2.24, 2.45) is 10.3 Å². The van der Waals surface area contributed by atoms with E-state index in [2.05, 4.69) is 22.3 Å². The van der Waals surface area contributed by atoms with Gasteiger partial charge in [0, 0.05) is 23.2 Å². The van der Waals surface area contributed by atoms with E-state index in [-0.39, 0.29) is 5.91 Å². The normalized spacial score (nSPS) is 14.9. The Labute approximate surface area is 220 Å². The third kappa shape index (κ3) is 4.76. The monoisotopic (exact) mass is 524 g/mol. The van der Waals surface area contributed by atoms with Gasteiger partial charge in [-0.15, -0.1) is 0 Å². The van der Waals surface area contributed by atoms with Gasteiger partial charge in [0.1, 0.15) is 11.5 Å². The highest BCUT2D eigenvalue weighted by Gasteiger charge is 2.37. The number of benzene rings is 3. The largest absolute Gasteiger partial charge is 0.496 e. The maximum atomic E-state index is 14.0. The highest BCUT2D eigenvalue weighted by molar-refractivity contribution is 6.42. The van der Waals surface area contributed by atoms with Crippen molar-refractivity contribution in [3.63, 3.8) is 0 Å². The minimum Gasteiger partial charge on any atom is -0.496 e. The van der Waals surface area contributed by atoms with Gasteiger partial charge < -0.3 is 14.4 Å². The maximum Gasteiger partial charge on any atom is 0.254 e. The molecule has 1 atom stereocenters. The van der Waals surface area contributed by atoms with E-state index in [9.17, 15) is 4.79 Å². The summed E-state index contributed by atoms with van der Waals surface area (Å²) in [5.74, 6) is 1.20. The van der Waals surface area contributed by atoms with E-state index in [0.717, 1.165) is 22.4 Å². The first kappa shape index (κ1) is 25.5. The molecule has 1 aliphatic rings. The molecule has 7 nitrogen and oxygen atoms in total. The van der Waals surface area contributed by atoms with Crippen molar-refractivity contribution in [3.8, 4) is 11.5 Å². The Bertz CT molecular complexity index is 1340. The number of methoxy groups -OCH3 is 2. The number of rotatable bonds is 7. The van der Waals surface area contributed by atoms with E-state index in [1.807, 2.05) is 30.3 Å². The van der Waals surface area contributed by atoms with Crippen LogP contribution in [0.2, 0.25) is 10.0 Å². The van der Waals surface area contributed by atoms with Crippen LogP contribution < -0.4 is 14.9 Å². The molecular formula is C27H26Cl2N4O3. The molecule has 186 valence electrons. The summed E-state index contributed by atoms with van der Waals surface area (Å²) in [7, 11) is 4.79. The highest BCUT2D eigenvalue weighted by atomic mass is 35.5. The van der Waals surface area contributed by atoms with E-state index in [1.54, 1.807) is 50.4 Å². The molecule has 0 fully saturated rings. The summed E-state index contributed by atoms with van der Waals surface area (Å²) in [5.41, 5.74) is 7.01. The van der Waals surface area contributed by atoms with Crippen LogP contribution >= 0.6 is 23.2 Å². The lowest BCUT2D eigenvalue weighted by Gasteiger charge is -2.39. The second-order valence-electron chi connectivity index (χ2n) is 8.13. The molecule has 1 unspecified atom stereocenters. The van der Waals surface area contributed by atoms with E-state index in [4.69, 9.17) is 32.7 Å².